The number of benzene rings is 2. The van der Waals surface area contributed by atoms with Crippen LogP contribution in [-0.2, 0) is 10.0 Å². The molecule has 40 heavy (non-hydrogen) atoms. The number of fused-ring (bicyclic) bond motifs is 1. The molecular formula is C29H35FN4O5S. The maximum Gasteiger partial charge on any atom is 0.257 e. The summed E-state index contributed by atoms with van der Waals surface area (Å²) in [5.41, 5.74) is 3.47. The maximum atomic E-state index is 13.8. The summed E-state index contributed by atoms with van der Waals surface area (Å²) >= 11 is 0. The van der Waals surface area contributed by atoms with Crippen LogP contribution in [0.4, 0.5) is 21.5 Å². The summed E-state index contributed by atoms with van der Waals surface area (Å²) in [6.07, 6.45) is 6.19. The van der Waals surface area contributed by atoms with E-state index >= 15 is 0 Å². The number of furan rings is 1. The molecule has 11 heteroatoms. The Hall–Kier alpha value is -3.15. The molecule has 1 aromatic heterocycles. The minimum absolute atomic E-state index is 0.0533. The van der Waals surface area contributed by atoms with Gasteiger partial charge in [-0.3, -0.25) is 4.79 Å². The molecule has 2 aliphatic heterocycles. The van der Waals surface area contributed by atoms with Crippen LogP contribution in [0.15, 0.2) is 52.0 Å². The van der Waals surface area contributed by atoms with E-state index in [9.17, 15) is 17.6 Å². The Morgan fingerprint density at radius 1 is 1.00 bits per heavy atom. The van der Waals surface area contributed by atoms with Gasteiger partial charge in [0.05, 0.1) is 34.7 Å². The molecule has 1 amide bonds. The largest absolute Gasteiger partial charge is 0.462 e. The number of amides is 1. The second kappa shape index (κ2) is 10.7. The second-order valence-corrected chi connectivity index (χ2v) is 13.0. The number of aliphatic hydroxyl groups is 1. The zero-order valence-corrected chi connectivity index (χ0v) is 23.2. The number of anilines is 3. The van der Waals surface area contributed by atoms with Crippen LogP contribution in [0, 0.1) is 5.41 Å². The van der Waals surface area contributed by atoms with Gasteiger partial charge in [0, 0.05) is 43.8 Å². The third-order valence-electron chi connectivity index (χ3n) is 8.60. The Balaban J connectivity index is 1.31. The van der Waals surface area contributed by atoms with Crippen molar-refractivity contribution in [3.63, 3.8) is 0 Å². The van der Waals surface area contributed by atoms with E-state index in [0.29, 0.717) is 53.9 Å². The highest BCUT2D eigenvalue weighted by Gasteiger charge is 2.44. The van der Waals surface area contributed by atoms with E-state index in [4.69, 9.17) is 9.52 Å². The first-order valence-electron chi connectivity index (χ1n) is 14.0. The van der Waals surface area contributed by atoms with E-state index in [2.05, 4.69) is 19.8 Å². The van der Waals surface area contributed by atoms with E-state index in [-0.39, 0.29) is 24.0 Å². The van der Waals surface area contributed by atoms with Crippen LogP contribution in [0.1, 0.15) is 48.9 Å². The van der Waals surface area contributed by atoms with Gasteiger partial charge in [0.15, 0.2) is 5.58 Å². The smallest absolute Gasteiger partial charge is 0.257 e. The molecule has 6 rings (SSSR count). The van der Waals surface area contributed by atoms with Crippen LogP contribution >= 0.6 is 0 Å². The van der Waals surface area contributed by atoms with Gasteiger partial charge in [0.2, 0.25) is 10.0 Å². The number of alkyl halides is 1. The fourth-order valence-electron chi connectivity index (χ4n) is 5.95. The number of carbonyl (C=O) groups is 1. The predicted octanol–water partition coefficient (Wildman–Crippen LogP) is 4.27. The van der Waals surface area contributed by atoms with Crippen LogP contribution in [0.2, 0.25) is 0 Å². The number of aliphatic hydroxyl groups excluding tert-OH is 1. The van der Waals surface area contributed by atoms with Crippen molar-refractivity contribution in [3.8, 4) is 0 Å². The van der Waals surface area contributed by atoms with Crippen molar-refractivity contribution in [2.24, 2.45) is 5.41 Å². The highest BCUT2D eigenvalue weighted by molar-refractivity contribution is 7.89. The summed E-state index contributed by atoms with van der Waals surface area (Å²) in [5, 5.41) is 13.0. The van der Waals surface area contributed by atoms with Crippen molar-refractivity contribution < 1.29 is 27.1 Å². The highest BCUT2D eigenvalue weighted by Crippen LogP contribution is 2.54. The molecule has 3 heterocycles. The van der Waals surface area contributed by atoms with Crippen molar-refractivity contribution in [1.82, 2.24) is 4.72 Å². The minimum Gasteiger partial charge on any atom is -0.462 e. The number of carbonyl (C=O) groups excluding carboxylic acids is 1. The molecule has 2 aromatic carbocycles. The molecular weight excluding hydrogens is 535 g/mol. The summed E-state index contributed by atoms with van der Waals surface area (Å²) in [6.45, 7) is 2.24. The molecule has 0 radical (unpaired) electrons. The van der Waals surface area contributed by atoms with Crippen LogP contribution in [0.3, 0.4) is 0 Å². The van der Waals surface area contributed by atoms with Gasteiger partial charge in [0.1, 0.15) is 6.17 Å². The lowest BCUT2D eigenvalue weighted by molar-refractivity contribution is 0.102. The zero-order chi connectivity index (χ0) is 27.9. The Kier molecular flexibility index (Phi) is 7.22. The molecule has 1 spiro atoms. The predicted molar refractivity (Wildman–Crippen MR) is 152 cm³/mol. The lowest BCUT2D eigenvalue weighted by atomic mass is 9.93. The second-order valence-electron chi connectivity index (χ2n) is 11.2. The third kappa shape index (κ3) is 5.42. The maximum absolute atomic E-state index is 13.8. The lowest BCUT2D eigenvalue weighted by Gasteiger charge is -2.35. The fraction of sp³-hybridized carbons (Fsp3) is 0.483. The molecule has 2 saturated heterocycles. The standard InChI is InChI=1S/C29H35FN4O5S/c30-21-3-11-33(12-4-21)26-18-22(17-20-5-16-39-27(20)26)32-28(36)24-2-1-23(40(37,38)31-10-15-35)19-25(24)34-13-8-29(6-7-29)9-14-34/h1-2,5,16-19,21,31,35H,3-4,6-15H2,(H,32,36). The quantitative estimate of drug-likeness (QED) is 0.371. The molecule has 214 valence electrons. The van der Waals surface area contributed by atoms with Crippen LogP contribution < -0.4 is 19.8 Å². The normalized spacial score (nSPS) is 19.4. The van der Waals surface area contributed by atoms with Gasteiger partial charge in [-0.1, -0.05) is 0 Å². The fourth-order valence-corrected chi connectivity index (χ4v) is 6.99. The number of nitrogens with zero attached hydrogens (tertiary/aromatic N) is 2. The van der Waals surface area contributed by atoms with Gasteiger partial charge < -0.3 is 24.6 Å². The number of piperidine rings is 2. The average molecular weight is 571 g/mol. The first kappa shape index (κ1) is 27.0. The molecule has 3 N–H and O–H groups in total. The number of nitrogens with one attached hydrogen (secondary N) is 2. The van der Waals surface area contributed by atoms with Crippen LogP contribution in [0.5, 0.6) is 0 Å². The molecule has 0 unspecified atom stereocenters. The third-order valence-corrected chi connectivity index (χ3v) is 10.1. The van der Waals surface area contributed by atoms with Gasteiger partial charge in [-0.05, 0) is 80.3 Å². The molecule has 3 aliphatic rings. The number of hydrogen-bond donors (Lipinski definition) is 3. The topological polar surface area (TPSA) is 115 Å². The molecule has 0 bridgehead atoms. The van der Waals surface area contributed by atoms with Gasteiger partial charge in [-0.15, -0.1) is 0 Å². The molecule has 1 saturated carbocycles. The molecule has 1 aliphatic carbocycles. The number of rotatable bonds is 8. The summed E-state index contributed by atoms with van der Waals surface area (Å²) in [7, 11) is -3.85. The summed E-state index contributed by atoms with van der Waals surface area (Å²) in [5.74, 6) is -0.342. The first-order chi connectivity index (χ1) is 19.3. The van der Waals surface area contributed by atoms with Crippen molar-refractivity contribution >= 4 is 44.0 Å². The van der Waals surface area contributed by atoms with E-state index in [1.807, 2.05) is 18.2 Å². The van der Waals surface area contributed by atoms with Crippen molar-refractivity contribution in [2.45, 2.75) is 49.6 Å². The lowest BCUT2D eigenvalue weighted by Crippen LogP contribution is -2.36. The van der Waals surface area contributed by atoms with E-state index in [1.165, 1.54) is 18.9 Å². The minimum atomic E-state index is -3.85. The molecule has 9 nitrogen and oxygen atoms in total. The first-order valence-corrected chi connectivity index (χ1v) is 15.5. The van der Waals surface area contributed by atoms with Crippen molar-refractivity contribution in [1.29, 1.82) is 0 Å². The Morgan fingerprint density at radius 2 is 1.73 bits per heavy atom. The number of sulfonamides is 1. The summed E-state index contributed by atoms with van der Waals surface area (Å²) in [6, 6.07) is 10.1. The Labute approximate surface area is 233 Å². The van der Waals surface area contributed by atoms with E-state index in [1.54, 1.807) is 18.4 Å². The van der Waals surface area contributed by atoms with Crippen molar-refractivity contribution in [3.05, 3.63) is 48.2 Å². The molecule has 0 atom stereocenters. The monoisotopic (exact) mass is 570 g/mol. The highest BCUT2D eigenvalue weighted by atomic mass is 32.2. The summed E-state index contributed by atoms with van der Waals surface area (Å²) in [4.78, 5) is 18.0. The van der Waals surface area contributed by atoms with Crippen molar-refractivity contribution in [2.75, 3.05) is 54.4 Å². The van der Waals surface area contributed by atoms with Gasteiger partial charge in [-0.2, -0.15) is 0 Å². The molecule has 3 aromatic rings. The number of halogens is 1. The van der Waals surface area contributed by atoms with E-state index < -0.39 is 16.2 Å². The average Bonchev–Trinajstić information content (AvgIpc) is 3.53. The SMILES string of the molecule is O=C(Nc1cc(N2CCC(F)CC2)c2occc2c1)c1ccc(S(=O)(=O)NCCO)cc1N1CCC2(CC1)CC2. The Bertz CT molecular complexity index is 1500. The van der Waals surface area contributed by atoms with Crippen LogP contribution in [0.25, 0.3) is 11.0 Å². The number of hydrogen-bond acceptors (Lipinski definition) is 7. The zero-order valence-electron chi connectivity index (χ0n) is 22.4. The Morgan fingerprint density at radius 3 is 2.42 bits per heavy atom. The van der Waals surface area contributed by atoms with Crippen LogP contribution in [-0.4, -0.2) is 64.9 Å². The van der Waals surface area contributed by atoms with E-state index in [0.717, 1.165) is 37.0 Å². The van der Waals surface area contributed by atoms with Gasteiger partial charge in [0.25, 0.3) is 5.91 Å². The molecule has 3 fully saturated rings. The van der Waals surface area contributed by atoms with Gasteiger partial charge >= 0.3 is 0 Å². The summed E-state index contributed by atoms with van der Waals surface area (Å²) < 4.78 is 47.6. The van der Waals surface area contributed by atoms with Gasteiger partial charge in [-0.25, -0.2) is 17.5 Å².